The first-order valence-electron chi connectivity index (χ1n) is 5.34. The van der Waals surface area contributed by atoms with Gasteiger partial charge < -0.3 is 0 Å². The summed E-state index contributed by atoms with van der Waals surface area (Å²) in [5.41, 5.74) is 1.71. The Balaban J connectivity index is 2.78. The van der Waals surface area contributed by atoms with E-state index in [1.54, 1.807) is 6.07 Å². The first-order valence-corrected chi connectivity index (χ1v) is 10.4. The lowest BCUT2D eigenvalue weighted by atomic mass is 10.1. The molecule has 0 unspecified atom stereocenters. The van der Waals surface area contributed by atoms with Crippen molar-refractivity contribution in [3.63, 3.8) is 0 Å². The molecule has 7 heteroatoms. The van der Waals surface area contributed by atoms with Gasteiger partial charge in [-0.15, -0.1) is 0 Å². The molecule has 0 heterocycles. The van der Waals surface area contributed by atoms with Crippen molar-refractivity contribution >= 4 is 73.6 Å². The molecule has 0 aliphatic rings. The molecule has 0 saturated carbocycles. The highest BCUT2D eigenvalue weighted by atomic mass is 79.9. The molecule has 20 heavy (non-hydrogen) atoms. The Kier molecular flexibility index (Phi) is 5.17. The second-order valence-electron chi connectivity index (χ2n) is 4.16. The summed E-state index contributed by atoms with van der Waals surface area (Å²) in [5, 5.41) is 0. The number of benzene rings is 2. The van der Waals surface area contributed by atoms with Crippen molar-refractivity contribution in [2.24, 2.45) is 0 Å². The van der Waals surface area contributed by atoms with Gasteiger partial charge in [-0.1, -0.05) is 53.9 Å². The van der Waals surface area contributed by atoms with Crippen molar-refractivity contribution < 1.29 is 8.42 Å². The summed E-state index contributed by atoms with van der Waals surface area (Å²) in [7, 11) is -3.31. The van der Waals surface area contributed by atoms with Gasteiger partial charge in [-0.05, 0) is 51.3 Å². The summed E-state index contributed by atoms with van der Waals surface area (Å²) in [4.78, 5) is 0.261. The Hall–Kier alpha value is 0.310. The van der Waals surface area contributed by atoms with Crippen LogP contribution >= 0.6 is 63.7 Å². The minimum Gasteiger partial charge on any atom is -0.224 e. The predicted octanol–water partition coefficient (Wildman–Crippen LogP) is 5.81. The summed E-state index contributed by atoms with van der Waals surface area (Å²) < 4.78 is 26.8. The molecule has 2 aromatic carbocycles. The molecule has 2 rings (SSSR count). The molecule has 0 atom stereocenters. The molecule has 0 saturated heterocycles. The fourth-order valence-electron chi connectivity index (χ4n) is 1.74. The van der Waals surface area contributed by atoms with E-state index in [4.69, 9.17) is 0 Å². The van der Waals surface area contributed by atoms with Gasteiger partial charge in [0.15, 0.2) is 9.84 Å². The zero-order chi connectivity index (χ0) is 15.1. The van der Waals surface area contributed by atoms with Gasteiger partial charge in [0.05, 0.1) is 4.90 Å². The Bertz CT molecular complexity index is 785. The molecule has 0 aromatic heterocycles. The van der Waals surface area contributed by atoms with E-state index < -0.39 is 9.84 Å². The largest absolute Gasteiger partial charge is 0.224 e. The van der Waals surface area contributed by atoms with Crippen LogP contribution in [0.5, 0.6) is 0 Å². The van der Waals surface area contributed by atoms with E-state index in [0.717, 1.165) is 20.1 Å². The molecule has 2 aromatic rings. The van der Waals surface area contributed by atoms with Crippen molar-refractivity contribution in [1.82, 2.24) is 0 Å². The maximum Gasteiger partial charge on any atom is 0.176 e. The third kappa shape index (κ3) is 3.55. The van der Waals surface area contributed by atoms with E-state index >= 15 is 0 Å². The van der Waals surface area contributed by atoms with Crippen molar-refractivity contribution in [3.8, 4) is 11.1 Å². The Morgan fingerprint density at radius 3 is 2.05 bits per heavy atom. The molecular formula is C13H8Br4O2S. The van der Waals surface area contributed by atoms with E-state index in [1.807, 2.05) is 24.3 Å². The molecule has 0 amide bonds. The first-order chi connectivity index (χ1) is 9.20. The number of hydrogen-bond donors (Lipinski definition) is 0. The van der Waals surface area contributed by atoms with Gasteiger partial charge in [-0.25, -0.2) is 8.42 Å². The molecule has 0 N–H and O–H groups in total. The fourth-order valence-corrected chi connectivity index (χ4v) is 5.71. The highest BCUT2D eigenvalue weighted by molar-refractivity contribution is 9.11. The molecule has 2 nitrogen and oxygen atoms in total. The number of halogens is 4. The van der Waals surface area contributed by atoms with Crippen LogP contribution in [0.25, 0.3) is 11.1 Å². The van der Waals surface area contributed by atoms with Crippen LogP contribution in [0.1, 0.15) is 0 Å². The third-order valence-corrected chi connectivity index (χ3v) is 6.47. The SMILES string of the molecule is CS(=O)(=O)c1cc(Br)cc(-c2ccc(Br)cc2Br)c1Br. The van der Waals surface area contributed by atoms with Crippen molar-refractivity contribution in [3.05, 3.63) is 48.2 Å². The first kappa shape index (κ1) is 16.7. The van der Waals surface area contributed by atoms with Crippen molar-refractivity contribution in [2.75, 3.05) is 6.26 Å². The van der Waals surface area contributed by atoms with E-state index in [2.05, 4.69) is 63.7 Å². The second kappa shape index (κ2) is 6.20. The monoisotopic (exact) mass is 544 g/mol. The molecule has 0 radical (unpaired) electrons. The summed E-state index contributed by atoms with van der Waals surface area (Å²) in [6.45, 7) is 0. The summed E-state index contributed by atoms with van der Waals surface area (Å²) in [6, 6.07) is 9.23. The maximum atomic E-state index is 11.9. The van der Waals surface area contributed by atoms with E-state index in [-0.39, 0.29) is 4.90 Å². The number of sulfone groups is 1. The van der Waals surface area contributed by atoms with Crippen molar-refractivity contribution in [1.29, 1.82) is 0 Å². The van der Waals surface area contributed by atoms with Gasteiger partial charge in [-0.3, -0.25) is 0 Å². The van der Waals surface area contributed by atoms with Crippen LogP contribution in [0, 0.1) is 0 Å². The van der Waals surface area contributed by atoms with E-state index in [0.29, 0.717) is 8.95 Å². The van der Waals surface area contributed by atoms with E-state index in [1.165, 1.54) is 6.26 Å². The summed E-state index contributed by atoms with van der Waals surface area (Å²) in [6.07, 6.45) is 1.19. The lowest BCUT2D eigenvalue weighted by Crippen LogP contribution is -2.00. The minimum absolute atomic E-state index is 0.261. The van der Waals surface area contributed by atoms with Crippen molar-refractivity contribution in [2.45, 2.75) is 4.90 Å². The van der Waals surface area contributed by atoms with Crippen LogP contribution in [0.2, 0.25) is 0 Å². The van der Waals surface area contributed by atoms with E-state index in [9.17, 15) is 8.42 Å². The van der Waals surface area contributed by atoms with Gasteiger partial charge in [0.25, 0.3) is 0 Å². The topological polar surface area (TPSA) is 34.1 Å². The zero-order valence-electron chi connectivity index (χ0n) is 10.1. The average molecular weight is 548 g/mol. The van der Waals surface area contributed by atoms with Crippen LogP contribution in [-0.4, -0.2) is 14.7 Å². The summed E-state index contributed by atoms with van der Waals surface area (Å²) >= 11 is 13.7. The predicted molar refractivity (Wildman–Crippen MR) is 95.8 cm³/mol. The molecule has 0 aliphatic carbocycles. The second-order valence-corrected chi connectivity index (χ2v) is 9.62. The third-order valence-electron chi connectivity index (χ3n) is 2.62. The van der Waals surface area contributed by atoms with Gasteiger partial charge in [0.1, 0.15) is 0 Å². The quantitative estimate of drug-likeness (QED) is 0.476. The normalized spacial score (nSPS) is 11.7. The highest BCUT2D eigenvalue weighted by Crippen LogP contribution is 2.40. The van der Waals surface area contributed by atoms with Gasteiger partial charge >= 0.3 is 0 Å². The average Bonchev–Trinajstić information content (AvgIpc) is 2.31. The van der Waals surface area contributed by atoms with Gasteiger partial charge in [0, 0.05) is 24.1 Å². The molecule has 0 bridgehead atoms. The maximum absolute atomic E-state index is 11.9. The smallest absolute Gasteiger partial charge is 0.176 e. The summed E-state index contributed by atoms with van der Waals surface area (Å²) in [5.74, 6) is 0. The molecule has 0 aliphatic heterocycles. The minimum atomic E-state index is -3.31. The molecule has 0 fully saturated rings. The highest BCUT2D eigenvalue weighted by Gasteiger charge is 2.18. The Morgan fingerprint density at radius 1 is 0.850 bits per heavy atom. The van der Waals surface area contributed by atoms with Crippen LogP contribution < -0.4 is 0 Å². The number of hydrogen-bond acceptors (Lipinski definition) is 2. The van der Waals surface area contributed by atoms with Crippen LogP contribution in [0.4, 0.5) is 0 Å². The standard InChI is InChI=1S/C13H8Br4O2S/c1-20(18,19)12-6-8(15)4-10(13(12)17)9-3-2-7(14)5-11(9)16/h2-6H,1H3. The lowest BCUT2D eigenvalue weighted by molar-refractivity contribution is 0.601. The zero-order valence-corrected chi connectivity index (χ0v) is 17.3. The van der Waals surface area contributed by atoms with Gasteiger partial charge in [0.2, 0.25) is 0 Å². The lowest BCUT2D eigenvalue weighted by Gasteiger charge is -2.12. The molecular weight excluding hydrogens is 540 g/mol. The Labute approximate surface area is 151 Å². The van der Waals surface area contributed by atoms with Gasteiger partial charge in [-0.2, -0.15) is 0 Å². The van der Waals surface area contributed by atoms with Crippen LogP contribution in [0.15, 0.2) is 53.1 Å². The van der Waals surface area contributed by atoms with Crippen LogP contribution in [0.3, 0.4) is 0 Å². The fraction of sp³-hybridized carbons (Fsp3) is 0.0769. The Morgan fingerprint density at radius 2 is 1.50 bits per heavy atom. The van der Waals surface area contributed by atoms with Crippen LogP contribution in [-0.2, 0) is 9.84 Å². The number of rotatable bonds is 2. The molecule has 106 valence electrons. The molecule has 0 spiro atoms.